The summed E-state index contributed by atoms with van der Waals surface area (Å²) in [7, 11) is 0. The summed E-state index contributed by atoms with van der Waals surface area (Å²) in [5, 5.41) is 30.2. The fourth-order valence-corrected chi connectivity index (χ4v) is 4.03. The molecule has 1 fully saturated rings. The minimum atomic E-state index is -1.61. The van der Waals surface area contributed by atoms with Crippen LogP contribution in [-0.2, 0) is 11.2 Å². The van der Waals surface area contributed by atoms with Gasteiger partial charge in [-0.3, -0.25) is 0 Å². The van der Waals surface area contributed by atoms with Gasteiger partial charge in [-0.15, -0.1) is 0 Å². The Hall–Kier alpha value is -1.92. The summed E-state index contributed by atoms with van der Waals surface area (Å²) < 4.78 is -0.689. The standard InChI is InChI=1S/C17H23NO5/c1-16(2,3)18(15(22)23)11-13(19)10-17(18,14(20)21)9-12-7-5-4-6-8-12/h4-8,13,19H,9-11H2,1-3H3,(H-,20,21,22,23)/p+1/t13?,17-,18?/m0/s1. The van der Waals surface area contributed by atoms with Crippen LogP contribution in [0.3, 0.4) is 0 Å². The van der Waals surface area contributed by atoms with Crippen LogP contribution in [0.25, 0.3) is 0 Å². The van der Waals surface area contributed by atoms with E-state index >= 15 is 0 Å². The highest BCUT2D eigenvalue weighted by Gasteiger charge is 2.72. The number of carboxylic acids is 1. The third-order valence-electron chi connectivity index (χ3n) is 5.00. The Morgan fingerprint density at radius 1 is 1.22 bits per heavy atom. The lowest BCUT2D eigenvalue weighted by molar-refractivity contribution is -0.931. The zero-order valence-corrected chi connectivity index (χ0v) is 13.7. The zero-order valence-electron chi connectivity index (χ0n) is 13.7. The summed E-state index contributed by atoms with van der Waals surface area (Å²) in [6, 6.07) is 8.98. The molecule has 1 amide bonds. The molecular formula is C17H24NO5+. The summed E-state index contributed by atoms with van der Waals surface area (Å²) in [5.74, 6) is -1.18. The summed E-state index contributed by atoms with van der Waals surface area (Å²) >= 11 is 0. The van der Waals surface area contributed by atoms with Crippen molar-refractivity contribution in [3.8, 4) is 0 Å². The van der Waals surface area contributed by atoms with Gasteiger partial charge in [0.15, 0.2) is 0 Å². The minimum Gasteiger partial charge on any atom is -0.477 e. The maximum Gasteiger partial charge on any atom is 0.514 e. The average molecular weight is 322 g/mol. The van der Waals surface area contributed by atoms with Crippen molar-refractivity contribution in [3.05, 3.63) is 35.9 Å². The van der Waals surface area contributed by atoms with Gasteiger partial charge in [0.2, 0.25) is 5.54 Å². The van der Waals surface area contributed by atoms with Gasteiger partial charge in [0.25, 0.3) is 0 Å². The molecule has 126 valence electrons. The van der Waals surface area contributed by atoms with E-state index in [1.807, 2.05) is 6.07 Å². The quantitative estimate of drug-likeness (QED) is 0.741. The van der Waals surface area contributed by atoms with Crippen LogP contribution in [0.5, 0.6) is 0 Å². The van der Waals surface area contributed by atoms with Gasteiger partial charge in [-0.1, -0.05) is 30.3 Å². The SMILES string of the molecule is CC(C)(C)[N+]1(C(=O)O)CC(O)C[C@@]1(Cc1ccccc1)C(=O)O. The lowest BCUT2D eigenvalue weighted by Gasteiger charge is -2.49. The number of likely N-dealkylation sites (tertiary alicyclic amines) is 1. The first-order chi connectivity index (χ1) is 10.6. The second-order valence-corrected chi connectivity index (χ2v) is 7.30. The Labute approximate surface area is 135 Å². The van der Waals surface area contributed by atoms with Crippen molar-refractivity contribution >= 4 is 12.1 Å². The van der Waals surface area contributed by atoms with Crippen LogP contribution in [-0.4, -0.2) is 55.6 Å². The van der Waals surface area contributed by atoms with Crippen LogP contribution >= 0.6 is 0 Å². The van der Waals surface area contributed by atoms with Crippen LogP contribution in [0.15, 0.2) is 30.3 Å². The summed E-state index contributed by atoms with van der Waals surface area (Å²) in [4.78, 5) is 24.5. The molecule has 23 heavy (non-hydrogen) atoms. The molecule has 3 atom stereocenters. The number of quaternary nitrogens is 1. The molecule has 1 aromatic carbocycles. The number of amides is 1. The Morgan fingerprint density at radius 2 is 1.78 bits per heavy atom. The highest BCUT2D eigenvalue weighted by molar-refractivity contribution is 5.81. The molecule has 0 saturated carbocycles. The Balaban J connectivity index is 2.67. The number of aliphatic carboxylic acids is 1. The van der Waals surface area contributed by atoms with Crippen molar-refractivity contribution in [2.24, 2.45) is 0 Å². The normalized spacial score (nSPS) is 31.0. The molecule has 1 heterocycles. The van der Waals surface area contributed by atoms with Crippen LogP contribution in [0.2, 0.25) is 0 Å². The van der Waals surface area contributed by atoms with E-state index in [1.54, 1.807) is 45.0 Å². The van der Waals surface area contributed by atoms with E-state index in [-0.39, 0.29) is 19.4 Å². The van der Waals surface area contributed by atoms with E-state index in [0.29, 0.717) is 0 Å². The molecule has 1 saturated heterocycles. The number of hydrogen-bond acceptors (Lipinski definition) is 3. The topological polar surface area (TPSA) is 94.8 Å². The van der Waals surface area contributed by atoms with E-state index in [4.69, 9.17) is 0 Å². The average Bonchev–Trinajstić information content (AvgIpc) is 2.74. The molecule has 0 spiro atoms. The molecule has 1 aliphatic heterocycles. The summed E-state index contributed by atoms with van der Waals surface area (Å²) in [5.41, 5.74) is -1.74. The minimum absolute atomic E-state index is 0.0593. The molecular weight excluding hydrogens is 298 g/mol. The van der Waals surface area contributed by atoms with E-state index in [0.717, 1.165) is 5.56 Å². The fourth-order valence-electron chi connectivity index (χ4n) is 4.03. The van der Waals surface area contributed by atoms with E-state index in [9.17, 15) is 24.9 Å². The lowest BCUT2D eigenvalue weighted by Crippen LogP contribution is -2.75. The van der Waals surface area contributed by atoms with Crippen LogP contribution in [0.1, 0.15) is 32.8 Å². The van der Waals surface area contributed by atoms with Crippen molar-refractivity contribution in [2.75, 3.05) is 6.54 Å². The first-order valence-corrected chi connectivity index (χ1v) is 7.64. The third-order valence-corrected chi connectivity index (χ3v) is 5.00. The predicted octanol–water partition coefficient (Wildman–Crippen LogP) is 2.11. The molecule has 6 nitrogen and oxygen atoms in total. The largest absolute Gasteiger partial charge is 0.514 e. The van der Waals surface area contributed by atoms with E-state index in [1.165, 1.54) is 0 Å². The maximum atomic E-state index is 12.3. The van der Waals surface area contributed by atoms with Gasteiger partial charge in [-0.2, -0.15) is 4.79 Å². The lowest BCUT2D eigenvalue weighted by atomic mass is 9.82. The highest BCUT2D eigenvalue weighted by Crippen LogP contribution is 2.46. The first-order valence-electron chi connectivity index (χ1n) is 7.64. The molecule has 0 bridgehead atoms. The zero-order chi connectivity index (χ0) is 17.5. The van der Waals surface area contributed by atoms with Crippen molar-refractivity contribution in [1.29, 1.82) is 0 Å². The van der Waals surface area contributed by atoms with Crippen LogP contribution < -0.4 is 0 Å². The summed E-state index contributed by atoms with van der Waals surface area (Å²) in [6.07, 6.45) is -2.21. The number of aliphatic hydroxyl groups excluding tert-OH is 1. The molecule has 0 aromatic heterocycles. The number of hydrogen-bond donors (Lipinski definition) is 3. The molecule has 2 rings (SSSR count). The second kappa shape index (κ2) is 5.62. The van der Waals surface area contributed by atoms with Gasteiger partial charge in [0.1, 0.15) is 18.2 Å². The van der Waals surface area contributed by atoms with Gasteiger partial charge in [-0.25, -0.2) is 9.28 Å². The van der Waals surface area contributed by atoms with Crippen molar-refractivity contribution in [1.82, 2.24) is 0 Å². The number of benzene rings is 1. The van der Waals surface area contributed by atoms with Gasteiger partial charge in [0.05, 0.1) is 0 Å². The van der Waals surface area contributed by atoms with Gasteiger partial charge >= 0.3 is 12.1 Å². The Bertz CT molecular complexity index is 609. The highest BCUT2D eigenvalue weighted by atomic mass is 16.4. The Kier molecular flexibility index (Phi) is 4.26. The van der Waals surface area contributed by atoms with Gasteiger partial charge < -0.3 is 15.3 Å². The first kappa shape index (κ1) is 17.4. The number of carbonyl (C=O) groups is 2. The molecule has 1 aliphatic rings. The van der Waals surface area contributed by atoms with Crippen molar-refractivity contribution < 1.29 is 29.4 Å². The van der Waals surface area contributed by atoms with E-state index in [2.05, 4.69) is 0 Å². The monoisotopic (exact) mass is 322 g/mol. The van der Waals surface area contributed by atoms with Gasteiger partial charge in [0, 0.05) is 12.8 Å². The molecule has 6 heteroatoms. The number of nitrogens with zero attached hydrogens (tertiary/aromatic N) is 1. The van der Waals surface area contributed by atoms with Crippen LogP contribution in [0, 0.1) is 0 Å². The number of rotatable bonds is 3. The van der Waals surface area contributed by atoms with Crippen molar-refractivity contribution in [3.63, 3.8) is 0 Å². The van der Waals surface area contributed by atoms with Gasteiger partial charge in [-0.05, 0) is 26.3 Å². The fraction of sp³-hybridized carbons (Fsp3) is 0.529. The predicted molar refractivity (Wildman–Crippen MR) is 84.0 cm³/mol. The van der Waals surface area contributed by atoms with E-state index < -0.39 is 33.7 Å². The molecule has 1 aromatic rings. The third kappa shape index (κ3) is 2.52. The molecule has 2 unspecified atom stereocenters. The molecule has 0 radical (unpaired) electrons. The van der Waals surface area contributed by atoms with Crippen LogP contribution in [0.4, 0.5) is 4.79 Å². The smallest absolute Gasteiger partial charge is 0.477 e. The Morgan fingerprint density at radius 3 is 2.22 bits per heavy atom. The second-order valence-electron chi connectivity index (χ2n) is 7.30. The summed E-state index contributed by atoms with van der Waals surface area (Å²) in [6.45, 7) is 5.02. The number of aliphatic hydroxyl groups is 1. The van der Waals surface area contributed by atoms with Crippen molar-refractivity contribution in [2.45, 2.75) is 50.8 Å². The maximum absolute atomic E-state index is 12.3. The molecule has 3 N–H and O–H groups in total. The number of carboxylic acid groups (broad SMARTS) is 2. The molecule has 0 aliphatic carbocycles.